The van der Waals surface area contributed by atoms with Crippen molar-refractivity contribution in [1.29, 1.82) is 0 Å². The van der Waals surface area contributed by atoms with E-state index in [9.17, 15) is 0 Å². The second kappa shape index (κ2) is 6.62. The molecule has 1 aromatic rings. The van der Waals surface area contributed by atoms with Crippen molar-refractivity contribution in [3.63, 3.8) is 0 Å². The predicted molar refractivity (Wildman–Crippen MR) is 68.2 cm³/mol. The summed E-state index contributed by atoms with van der Waals surface area (Å²) in [6.45, 7) is 3.86. The van der Waals surface area contributed by atoms with Gasteiger partial charge in [-0.25, -0.2) is 0 Å². The fourth-order valence-electron chi connectivity index (χ4n) is 2.13. The van der Waals surface area contributed by atoms with E-state index < -0.39 is 0 Å². The minimum atomic E-state index is 0.757. The molecule has 3 heteroatoms. The van der Waals surface area contributed by atoms with Gasteiger partial charge in [0.15, 0.2) is 0 Å². The minimum absolute atomic E-state index is 0.757. The number of hydrogen-bond donors (Lipinski definition) is 1. The zero-order chi connectivity index (χ0) is 11.9. The van der Waals surface area contributed by atoms with E-state index in [0.717, 1.165) is 38.0 Å². The molecule has 1 aliphatic rings. The summed E-state index contributed by atoms with van der Waals surface area (Å²) in [6.07, 6.45) is 2.44. The van der Waals surface area contributed by atoms with Crippen molar-refractivity contribution >= 4 is 0 Å². The van der Waals surface area contributed by atoms with Gasteiger partial charge >= 0.3 is 0 Å². The zero-order valence-corrected chi connectivity index (χ0v) is 10.4. The Kier molecular flexibility index (Phi) is 4.83. The molecular weight excluding hydrogens is 214 g/mol. The molecule has 1 heterocycles. The summed E-state index contributed by atoms with van der Waals surface area (Å²) in [4.78, 5) is 0. The maximum atomic E-state index is 5.36. The SMILES string of the molecule is COc1cccc(CNCCC2CCOC2)c1. The van der Waals surface area contributed by atoms with E-state index in [4.69, 9.17) is 9.47 Å². The lowest BCUT2D eigenvalue weighted by Gasteiger charge is -2.09. The van der Waals surface area contributed by atoms with E-state index in [2.05, 4.69) is 17.4 Å². The molecule has 0 spiro atoms. The topological polar surface area (TPSA) is 30.5 Å². The second-order valence-electron chi connectivity index (χ2n) is 4.55. The first-order valence-electron chi connectivity index (χ1n) is 6.30. The highest BCUT2D eigenvalue weighted by atomic mass is 16.5. The van der Waals surface area contributed by atoms with Crippen LogP contribution in [0.4, 0.5) is 0 Å². The van der Waals surface area contributed by atoms with E-state index in [1.54, 1.807) is 7.11 Å². The second-order valence-corrected chi connectivity index (χ2v) is 4.55. The number of rotatable bonds is 6. The number of benzene rings is 1. The highest BCUT2D eigenvalue weighted by Gasteiger charge is 2.14. The van der Waals surface area contributed by atoms with E-state index in [1.165, 1.54) is 18.4 Å². The molecule has 1 N–H and O–H groups in total. The van der Waals surface area contributed by atoms with Gasteiger partial charge in [0.2, 0.25) is 0 Å². The van der Waals surface area contributed by atoms with Gasteiger partial charge < -0.3 is 14.8 Å². The number of hydrogen-bond acceptors (Lipinski definition) is 3. The molecule has 0 aliphatic carbocycles. The van der Waals surface area contributed by atoms with Crippen molar-refractivity contribution in [1.82, 2.24) is 5.32 Å². The van der Waals surface area contributed by atoms with Crippen molar-refractivity contribution in [2.75, 3.05) is 26.9 Å². The molecule has 1 atom stereocenters. The van der Waals surface area contributed by atoms with Gasteiger partial charge in [0.1, 0.15) is 5.75 Å². The molecule has 94 valence electrons. The summed E-state index contributed by atoms with van der Waals surface area (Å²) >= 11 is 0. The summed E-state index contributed by atoms with van der Waals surface area (Å²) < 4.78 is 10.6. The monoisotopic (exact) mass is 235 g/mol. The summed E-state index contributed by atoms with van der Waals surface area (Å²) in [6, 6.07) is 8.19. The van der Waals surface area contributed by atoms with Crippen LogP contribution >= 0.6 is 0 Å². The lowest BCUT2D eigenvalue weighted by Crippen LogP contribution is -2.18. The van der Waals surface area contributed by atoms with Gasteiger partial charge in [0.05, 0.1) is 7.11 Å². The lowest BCUT2D eigenvalue weighted by molar-refractivity contribution is 0.184. The van der Waals surface area contributed by atoms with Crippen LogP contribution in [0.3, 0.4) is 0 Å². The molecule has 17 heavy (non-hydrogen) atoms. The van der Waals surface area contributed by atoms with Crippen LogP contribution < -0.4 is 10.1 Å². The molecule has 3 nitrogen and oxygen atoms in total. The summed E-state index contributed by atoms with van der Waals surface area (Å²) in [5, 5.41) is 3.47. The molecule has 0 amide bonds. The zero-order valence-electron chi connectivity index (χ0n) is 10.4. The van der Waals surface area contributed by atoms with Gasteiger partial charge in [-0.1, -0.05) is 12.1 Å². The number of nitrogens with one attached hydrogen (secondary N) is 1. The lowest BCUT2D eigenvalue weighted by atomic mass is 10.1. The Labute approximate surface area is 103 Å². The quantitative estimate of drug-likeness (QED) is 0.767. The maximum absolute atomic E-state index is 5.36. The van der Waals surface area contributed by atoms with Crippen LogP contribution in [-0.2, 0) is 11.3 Å². The normalized spacial score (nSPS) is 19.5. The van der Waals surface area contributed by atoms with Crippen molar-refractivity contribution in [2.45, 2.75) is 19.4 Å². The third-order valence-electron chi connectivity index (χ3n) is 3.22. The Hall–Kier alpha value is -1.06. The third kappa shape index (κ3) is 4.02. The Bertz CT molecular complexity index is 335. The summed E-state index contributed by atoms with van der Waals surface area (Å²) in [5.41, 5.74) is 1.27. The van der Waals surface area contributed by atoms with Crippen LogP contribution in [0.25, 0.3) is 0 Å². The molecule has 1 aromatic carbocycles. The van der Waals surface area contributed by atoms with Crippen molar-refractivity contribution in [3.05, 3.63) is 29.8 Å². The molecule has 0 aromatic heterocycles. The first kappa shape index (κ1) is 12.4. The standard InChI is InChI=1S/C14H21NO2/c1-16-14-4-2-3-13(9-14)10-15-7-5-12-6-8-17-11-12/h2-4,9,12,15H,5-8,10-11H2,1H3. The summed E-state index contributed by atoms with van der Waals surface area (Å²) in [7, 11) is 1.70. The predicted octanol–water partition coefficient (Wildman–Crippen LogP) is 2.21. The molecule has 1 unspecified atom stereocenters. The molecule has 1 aliphatic heterocycles. The molecule has 0 radical (unpaired) electrons. The Morgan fingerprint density at radius 3 is 3.18 bits per heavy atom. The van der Waals surface area contributed by atoms with Gasteiger partial charge in [0, 0.05) is 19.8 Å². The average molecular weight is 235 g/mol. The molecule has 0 bridgehead atoms. The summed E-state index contributed by atoms with van der Waals surface area (Å²) in [5.74, 6) is 1.68. The van der Waals surface area contributed by atoms with Crippen LogP contribution in [0.5, 0.6) is 5.75 Å². The molecule has 2 rings (SSSR count). The minimum Gasteiger partial charge on any atom is -0.497 e. The van der Waals surface area contributed by atoms with Crippen LogP contribution in [0.1, 0.15) is 18.4 Å². The molecular formula is C14H21NO2. The van der Waals surface area contributed by atoms with Crippen LogP contribution in [0.15, 0.2) is 24.3 Å². The average Bonchev–Trinajstić information content (AvgIpc) is 2.88. The van der Waals surface area contributed by atoms with E-state index in [1.807, 2.05) is 12.1 Å². The first-order valence-corrected chi connectivity index (χ1v) is 6.30. The van der Waals surface area contributed by atoms with Crippen molar-refractivity contribution in [2.24, 2.45) is 5.92 Å². The molecule has 0 saturated carbocycles. The van der Waals surface area contributed by atoms with Crippen molar-refractivity contribution < 1.29 is 9.47 Å². The largest absolute Gasteiger partial charge is 0.497 e. The highest BCUT2D eigenvalue weighted by Crippen LogP contribution is 2.15. The van der Waals surface area contributed by atoms with Gasteiger partial charge in [0.25, 0.3) is 0 Å². The van der Waals surface area contributed by atoms with E-state index in [-0.39, 0.29) is 0 Å². The fraction of sp³-hybridized carbons (Fsp3) is 0.571. The molecule has 1 fully saturated rings. The molecule has 1 saturated heterocycles. The number of methoxy groups -OCH3 is 1. The Morgan fingerprint density at radius 2 is 2.41 bits per heavy atom. The number of ether oxygens (including phenoxy) is 2. The van der Waals surface area contributed by atoms with Crippen molar-refractivity contribution in [3.8, 4) is 5.75 Å². The third-order valence-corrected chi connectivity index (χ3v) is 3.22. The van der Waals surface area contributed by atoms with Gasteiger partial charge in [-0.3, -0.25) is 0 Å². The smallest absolute Gasteiger partial charge is 0.119 e. The highest BCUT2D eigenvalue weighted by molar-refractivity contribution is 5.28. The van der Waals surface area contributed by atoms with E-state index in [0.29, 0.717) is 0 Å². The first-order chi connectivity index (χ1) is 8.38. The van der Waals surface area contributed by atoms with E-state index >= 15 is 0 Å². The van der Waals surface area contributed by atoms with Crippen LogP contribution in [0, 0.1) is 5.92 Å². The van der Waals surface area contributed by atoms with Gasteiger partial charge in [-0.2, -0.15) is 0 Å². The van der Waals surface area contributed by atoms with Gasteiger partial charge in [-0.05, 0) is 43.0 Å². The fourth-order valence-corrected chi connectivity index (χ4v) is 2.13. The maximum Gasteiger partial charge on any atom is 0.119 e. The Balaban J connectivity index is 1.66. The van der Waals surface area contributed by atoms with Crippen LogP contribution in [0.2, 0.25) is 0 Å². The van der Waals surface area contributed by atoms with Crippen LogP contribution in [-0.4, -0.2) is 26.9 Å². The van der Waals surface area contributed by atoms with Gasteiger partial charge in [-0.15, -0.1) is 0 Å². The Morgan fingerprint density at radius 1 is 1.47 bits per heavy atom.